The van der Waals surface area contributed by atoms with Crippen LogP contribution in [0.15, 0.2) is 24.3 Å². The number of likely N-dealkylation sites (N-methyl/N-ethyl adjacent to an activating group) is 1. The van der Waals surface area contributed by atoms with Crippen LogP contribution < -0.4 is 15.5 Å². The summed E-state index contributed by atoms with van der Waals surface area (Å²) in [6, 6.07) is 8.75. The van der Waals surface area contributed by atoms with Gasteiger partial charge in [0.05, 0.1) is 16.9 Å². The lowest BCUT2D eigenvalue weighted by atomic mass is 9.82. The van der Waals surface area contributed by atoms with Gasteiger partial charge in [0.15, 0.2) is 0 Å². The molecule has 0 saturated carbocycles. The van der Waals surface area contributed by atoms with Gasteiger partial charge < -0.3 is 15.5 Å². The summed E-state index contributed by atoms with van der Waals surface area (Å²) in [7, 11) is 2.18. The lowest BCUT2D eigenvalue weighted by molar-refractivity contribution is 0.296. The fourth-order valence-corrected chi connectivity index (χ4v) is 3.58. The number of para-hydroxylation sites is 2. The van der Waals surface area contributed by atoms with E-state index in [1.165, 1.54) is 24.2 Å². The Balaban J connectivity index is 2.39. The molecule has 0 saturated heterocycles. The van der Waals surface area contributed by atoms with Crippen molar-refractivity contribution in [1.82, 2.24) is 0 Å². The van der Waals surface area contributed by atoms with Gasteiger partial charge in [-0.3, -0.25) is 0 Å². The minimum Gasteiger partial charge on any atom is -0.371 e. The van der Waals surface area contributed by atoms with Crippen molar-refractivity contribution in [1.29, 1.82) is 0 Å². The van der Waals surface area contributed by atoms with Gasteiger partial charge in [-0.2, -0.15) is 0 Å². The van der Waals surface area contributed by atoms with E-state index in [0.29, 0.717) is 5.92 Å². The van der Waals surface area contributed by atoms with E-state index in [1.807, 2.05) is 0 Å². The van der Waals surface area contributed by atoms with Crippen LogP contribution in [-0.2, 0) is 0 Å². The standard InChI is InChI=1S/C18H31N3/c1-5-15(3)13-18(6-2,14-19)21-12-11-20(4)16-9-7-8-10-17(16)21/h7-10,15H,5-6,11-14,19H2,1-4H3. The second-order valence-electron chi connectivity index (χ2n) is 6.56. The number of fused-ring (bicyclic) bond motifs is 1. The maximum atomic E-state index is 6.29. The van der Waals surface area contributed by atoms with E-state index in [0.717, 1.165) is 26.1 Å². The fourth-order valence-electron chi connectivity index (χ4n) is 3.58. The molecule has 0 amide bonds. The first-order valence-corrected chi connectivity index (χ1v) is 8.35. The van der Waals surface area contributed by atoms with Gasteiger partial charge in [0.2, 0.25) is 0 Å². The van der Waals surface area contributed by atoms with Crippen LogP contribution in [0.2, 0.25) is 0 Å². The first-order valence-electron chi connectivity index (χ1n) is 8.35. The van der Waals surface area contributed by atoms with E-state index in [9.17, 15) is 0 Å². The molecule has 3 nitrogen and oxygen atoms in total. The number of nitrogens with two attached hydrogens (primary N) is 1. The van der Waals surface area contributed by atoms with E-state index in [1.54, 1.807) is 0 Å². The molecule has 1 aliphatic heterocycles. The number of benzene rings is 1. The molecule has 0 bridgehead atoms. The molecular weight excluding hydrogens is 258 g/mol. The minimum absolute atomic E-state index is 0.0901. The molecule has 2 rings (SSSR count). The highest BCUT2D eigenvalue weighted by atomic mass is 15.3. The van der Waals surface area contributed by atoms with Crippen molar-refractivity contribution in [2.75, 3.05) is 36.5 Å². The lowest BCUT2D eigenvalue weighted by Crippen LogP contribution is -2.58. The van der Waals surface area contributed by atoms with Gasteiger partial charge in [-0.25, -0.2) is 0 Å². The number of hydrogen-bond donors (Lipinski definition) is 1. The first-order chi connectivity index (χ1) is 10.1. The summed E-state index contributed by atoms with van der Waals surface area (Å²) in [5, 5.41) is 0. The van der Waals surface area contributed by atoms with Gasteiger partial charge >= 0.3 is 0 Å². The van der Waals surface area contributed by atoms with E-state index in [2.05, 4.69) is 61.9 Å². The predicted octanol–water partition coefficient (Wildman–Crippen LogP) is 3.49. The van der Waals surface area contributed by atoms with Gasteiger partial charge in [0.1, 0.15) is 0 Å². The Hall–Kier alpha value is -1.22. The summed E-state index contributed by atoms with van der Waals surface area (Å²) in [5.41, 5.74) is 9.06. The monoisotopic (exact) mass is 289 g/mol. The Kier molecular flexibility index (Phi) is 5.15. The third kappa shape index (κ3) is 3.03. The van der Waals surface area contributed by atoms with Gasteiger partial charge in [-0.1, -0.05) is 39.3 Å². The zero-order chi connectivity index (χ0) is 15.5. The van der Waals surface area contributed by atoms with E-state index >= 15 is 0 Å². The summed E-state index contributed by atoms with van der Waals surface area (Å²) in [6.45, 7) is 9.78. The number of rotatable bonds is 6. The minimum atomic E-state index is 0.0901. The maximum Gasteiger partial charge on any atom is 0.0609 e. The summed E-state index contributed by atoms with van der Waals surface area (Å²) < 4.78 is 0. The third-order valence-corrected chi connectivity index (χ3v) is 5.28. The van der Waals surface area contributed by atoms with Crippen molar-refractivity contribution in [3.05, 3.63) is 24.3 Å². The molecular formula is C18H31N3. The quantitative estimate of drug-likeness (QED) is 0.870. The number of nitrogens with zero attached hydrogens (tertiary/aromatic N) is 2. The van der Waals surface area contributed by atoms with Crippen molar-refractivity contribution < 1.29 is 0 Å². The molecule has 2 atom stereocenters. The molecule has 1 aliphatic rings. The molecule has 21 heavy (non-hydrogen) atoms. The van der Waals surface area contributed by atoms with E-state index in [-0.39, 0.29) is 5.54 Å². The molecule has 1 aromatic rings. The van der Waals surface area contributed by atoms with E-state index < -0.39 is 0 Å². The molecule has 0 radical (unpaired) electrons. The Labute approximate surface area is 130 Å². The topological polar surface area (TPSA) is 32.5 Å². The molecule has 0 aromatic heterocycles. The zero-order valence-electron chi connectivity index (χ0n) is 14.1. The molecule has 1 aromatic carbocycles. The summed E-state index contributed by atoms with van der Waals surface area (Å²) in [6.07, 6.45) is 3.50. The molecule has 2 N–H and O–H groups in total. The van der Waals surface area contributed by atoms with Crippen LogP contribution in [0.5, 0.6) is 0 Å². The van der Waals surface area contributed by atoms with Gasteiger partial charge in [-0.05, 0) is 30.9 Å². The Morgan fingerprint density at radius 2 is 1.86 bits per heavy atom. The number of hydrogen-bond acceptors (Lipinski definition) is 3. The summed E-state index contributed by atoms with van der Waals surface area (Å²) in [4.78, 5) is 4.94. The van der Waals surface area contributed by atoms with Gasteiger partial charge in [0, 0.05) is 26.7 Å². The Morgan fingerprint density at radius 3 is 2.43 bits per heavy atom. The van der Waals surface area contributed by atoms with Crippen molar-refractivity contribution in [2.24, 2.45) is 11.7 Å². The maximum absolute atomic E-state index is 6.29. The number of anilines is 2. The highest BCUT2D eigenvalue weighted by Crippen LogP contribution is 2.39. The second-order valence-corrected chi connectivity index (χ2v) is 6.56. The SMILES string of the molecule is CCC(C)CC(CC)(CN)N1CCN(C)c2ccccc21. The molecule has 0 fully saturated rings. The van der Waals surface area contributed by atoms with Crippen LogP contribution in [0.3, 0.4) is 0 Å². The molecule has 3 heteroatoms. The first kappa shape index (κ1) is 16.2. The average Bonchev–Trinajstić information content (AvgIpc) is 2.53. The fraction of sp³-hybridized carbons (Fsp3) is 0.667. The van der Waals surface area contributed by atoms with Crippen molar-refractivity contribution in [2.45, 2.75) is 45.6 Å². The highest BCUT2D eigenvalue weighted by molar-refractivity contribution is 5.74. The molecule has 1 heterocycles. The normalized spacial score (nSPS) is 19.1. The largest absolute Gasteiger partial charge is 0.371 e. The van der Waals surface area contributed by atoms with Crippen LogP contribution >= 0.6 is 0 Å². The van der Waals surface area contributed by atoms with Crippen molar-refractivity contribution >= 4 is 11.4 Å². The molecule has 118 valence electrons. The third-order valence-electron chi connectivity index (χ3n) is 5.28. The van der Waals surface area contributed by atoms with Gasteiger partial charge in [0.25, 0.3) is 0 Å². The van der Waals surface area contributed by atoms with Crippen LogP contribution in [0.25, 0.3) is 0 Å². The van der Waals surface area contributed by atoms with Crippen molar-refractivity contribution in [3.8, 4) is 0 Å². The molecule has 2 unspecified atom stereocenters. The Morgan fingerprint density at radius 1 is 1.19 bits per heavy atom. The smallest absolute Gasteiger partial charge is 0.0609 e. The second kappa shape index (κ2) is 6.69. The van der Waals surface area contributed by atoms with Gasteiger partial charge in [-0.15, -0.1) is 0 Å². The zero-order valence-corrected chi connectivity index (χ0v) is 14.1. The predicted molar refractivity (Wildman–Crippen MR) is 93.2 cm³/mol. The average molecular weight is 289 g/mol. The Bertz CT molecular complexity index is 454. The highest BCUT2D eigenvalue weighted by Gasteiger charge is 2.38. The summed E-state index contributed by atoms with van der Waals surface area (Å²) >= 11 is 0. The molecule has 0 spiro atoms. The van der Waals surface area contributed by atoms with Crippen LogP contribution in [-0.4, -0.2) is 32.2 Å². The van der Waals surface area contributed by atoms with Crippen LogP contribution in [0.4, 0.5) is 11.4 Å². The van der Waals surface area contributed by atoms with Crippen LogP contribution in [0, 0.1) is 5.92 Å². The van der Waals surface area contributed by atoms with Crippen LogP contribution in [0.1, 0.15) is 40.0 Å². The molecule has 0 aliphatic carbocycles. The summed E-state index contributed by atoms with van der Waals surface area (Å²) in [5.74, 6) is 0.709. The van der Waals surface area contributed by atoms with Crippen molar-refractivity contribution in [3.63, 3.8) is 0 Å². The lowest BCUT2D eigenvalue weighted by Gasteiger charge is -2.50. The van der Waals surface area contributed by atoms with E-state index in [4.69, 9.17) is 5.73 Å².